The second-order valence-corrected chi connectivity index (χ2v) is 11.7. The maximum Gasteiger partial charge on any atom is 0.350 e. The number of anilines is 1. The number of unbranched alkanes of at least 4 members (excludes halogenated alkanes) is 2. The van der Waals surface area contributed by atoms with E-state index in [-0.39, 0.29) is 27.9 Å². The van der Waals surface area contributed by atoms with Crippen molar-refractivity contribution in [1.29, 1.82) is 0 Å². The lowest BCUT2D eigenvalue weighted by Crippen LogP contribution is -2.29. The Balaban J connectivity index is 1.69. The fraction of sp³-hybridized carbons (Fsp3) is 0.364. The average molecular weight is 633 g/mol. The Hall–Kier alpha value is -4.71. The Labute approximate surface area is 265 Å². The summed E-state index contributed by atoms with van der Waals surface area (Å²) < 4.78 is 18.6. The van der Waals surface area contributed by atoms with Gasteiger partial charge in [0.1, 0.15) is 16.2 Å². The highest BCUT2D eigenvalue weighted by Gasteiger charge is 2.49. The average Bonchev–Trinajstić information content (AvgIpc) is 3.66. The van der Waals surface area contributed by atoms with Crippen molar-refractivity contribution in [2.45, 2.75) is 59.9 Å². The van der Waals surface area contributed by atoms with Crippen molar-refractivity contribution in [3.63, 3.8) is 0 Å². The number of rotatable bonds is 11. The standard InChI is InChI=1S/C33H36N4O7S/c1-7-9-10-16-44-22-14-13-21(17-23(22)42-6)26-24(27(38)25-20(5)36-15-11-12-18(3)30(36)35-25)28(39)31(40)37(26)33-34-19(4)29(45-33)32(41)43-8-2/h11-15,17,26,38H,7-10,16H2,1-6H3. The third-order valence-corrected chi connectivity index (χ3v) is 8.85. The molecule has 1 atom stereocenters. The third-order valence-electron chi connectivity index (χ3n) is 7.71. The summed E-state index contributed by atoms with van der Waals surface area (Å²) in [5.74, 6) is -1.89. The second kappa shape index (κ2) is 13.1. The first kappa shape index (κ1) is 31.7. The number of aryl methyl sites for hydroxylation is 3. The molecule has 1 aliphatic rings. The monoisotopic (exact) mass is 632 g/mol. The Morgan fingerprint density at radius 2 is 1.84 bits per heavy atom. The molecule has 45 heavy (non-hydrogen) atoms. The van der Waals surface area contributed by atoms with Crippen LogP contribution in [-0.2, 0) is 14.3 Å². The van der Waals surface area contributed by atoms with E-state index in [1.807, 2.05) is 29.7 Å². The number of aliphatic hydroxyl groups is 1. The van der Waals surface area contributed by atoms with Gasteiger partial charge in [0.15, 0.2) is 22.4 Å². The van der Waals surface area contributed by atoms with Crippen LogP contribution in [0, 0.1) is 20.8 Å². The van der Waals surface area contributed by atoms with E-state index < -0.39 is 29.5 Å². The van der Waals surface area contributed by atoms with Gasteiger partial charge in [0.05, 0.1) is 43.3 Å². The van der Waals surface area contributed by atoms with E-state index in [9.17, 15) is 19.5 Å². The van der Waals surface area contributed by atoms with Gasteiger partial charge in [0.2, 0.25) is 0 Å². The Kier molecular flexibility index (Phi) is 9.24. The molecule has 12 heteroatoms. The van der Waals surface area contributed by atoms with Crippen LogP contribution < -0.4 is 14.4 Å². The number of carbonyl (C=O) groups is 3. The summed E-state index contributed by atoms with van der Waals surface area (Å²) in [6.45, 7) is 9.79. The van der Waals surface area contributed by atoms with Gasteiger partial charge < -0.3 is 23.7 Å². The number of aromatic nitrogens is 3. The van der Waals surface area contributed by atoms with Crippen molar-refractivity contribution in [1.82, 2.24) is 14.4 Å². The lowest BCUT2D eigenvalue weighted by Gasteiger charge is -2.24. The lowest BCUT2D eigenvalue weighted by molar-refractivity contribution is -0.132. The number of carbonyl (C=O) groups excluding carboxylic acids is 3. The molecule has 1 saturated heterocycles. The first-order valence-electron chi connectivity index (χ1n) is 14.8. The number of ketones is 1. The molecule has 1 N–H and O–H groups in total. The molecule has 0 saturated carbocycles. The highest BCUT2D eigenvalue weighted by molar-refractivity contribution is 7.17. The number of nitrogens with zero attached hydrogens (tertiary/aromatic N) is 4. The molecule has 4 heterocycles. The summed E-state index contributed by atoms with van der Waals surface area (Å²) in [7, 11) is 1.51. The van der Waals surface area contributed by atoms with Gasteiger partial charge in [-0.1, -0.05) is 43.2 Å². The minimum atomic E-state index is -1.11. The maximum atomic E-state index is 13.8. The van der Waals surface area contributed by atoms with E-state index in [2.05, 4.69) is 16.9 Å². The van der Waals surface area contributed by atoms with Gasteiger partial charge in [-0.2, -0.15) is 0 Å². The van der Waals surface area contributed by atoms with Gasteiger partial charge >= 0.3 is 11.9 Å². The first-order valence-corrected chi connectivity index (χ1v) is 15.6. The lowest BCUT2D eigenvalue weighted by atomic mass is 9.96. The number of amides is 1. The number of aliphatic hydroxyl groups excluding tert-OH is 1. The fourth-order valence-electron chi connectivity index (χ4n) is 5.40. The van der Waals surface area contributed by atoms with Crippen LogP contribution in [0.1, 0.15) is 77.0 Å². The third kappa shape index (κ3) is 5.77. The minimum Gasteiger partial charge on any atom is -0.505 e. The molecule has 11 nitrogen and oxygen atoms in total. The highest BCUT2D eigenvalue weighted by Crippen LogP contribution is 2.46. The smallest absolute Gasteiger partial charge is 0.350 e. The fourth-order valence-corrected chi connectivity index (χ4v) is 6.39. The molecule has 3 aromatic heterocycles. The van der Waals surface area contributed by atoms with Crippen molar-refractivity contribution < 1.29 is 33.7 Å². The van der Waals surface area contributed by atoms with Crippen molar-refractivity contribution in [2.75, 3.05) is 25.2 Å². The van der Waals surface area contributed by atoms with Gasteiger partial charge in [-0.15, -0.1) is 0 Å². The zero-order valence-electron chi connectivity index (χ0n) is 26.2. The largest absolute Gasteiger partial charge is 0.505 e. The van der Waals surface area contributed by atoms with E-state index in [0.29, 0.717) is 40.7 Å². The number of methoxy groups -OCH3 is 1. The first-order chi connectivity index (χ1) is 21.6. The molecule has 0 radical (unpaired) electrons. The topological polar surface area (TPSA) is 133 Å². The van der Waals surface area contributed by atoms with Crippen LogP contribution in [0.2, 0.25) is 0 Å². The number of esters is 1. The number of hydrogen-bond acceptors (Lipinski definition) is 10. The Morgan fingerprint density at radius 1 is 1.07 bits per heavy atom. The number of Topliss-reactive ketones (excluding diaryl/α,β-unsaturated/α-hetero) is 1. The zero-order chi connectivity index (χ0) is 32.4. The summed E-state index contributed by atoms with van der Waals surface area (Å²) in [6, 6.07) is 7.77. The van der Waals surface area contributed by atoms with Gasteiger partial charge in [-0.25, -0.2) is 14.8 Å². The van der Waals surface area contributed by atoms with Crippen LogP contribution in [-0.4, -0.2) is 57.5 Å². The molecule has 1 aliphatic heterocycles. The number of ether oxygens (including phenoxy) is 3. The van der Waals surface area contributed by atoms with Crippen LogP contribution in [0.3, 0.4) is 0 Å². The minimum absolute atomic E-state index is 0.114. The van der Waals surface area contributed by atoms with Crippen LogP contribution in [0.25, 0.3) is 11.4 Å². The van der Waals surface area contributed by atoms with Gasteiger partial charge in [-0.3, -0.25) is 14.5 Å². The Bertz CT molecular complexity index is 1820. The molecule has 0 bridgehead atoms. The number of benzene rings is 1. The predicted octanol–water partition coefficient (Wildman–Crippen LogP) is 6.10. The van der Waals surface area contributed by atoms with Crippen molar-refractivity contribution in [2.24, 2.45) is 0 Å². The van der Waals surface area contributed by atoms with Crippen LogP contribution in [0.4, 0.5) is 5.13 Å². The normalized spacial score (nSPS) is 16.0. The van der Waals surface area contributed by atoms with E-state index >= 15 is 0 Å². The number of imidazole rings is 1. The van der Waals surface area contributed by atoms with Crippen molar-refractivity contribution >= 4 is 45.5 Å². The van der Waals surface area contributed by atoms with Gasteiger partial charge in [0.25, 0.3) is 5.78 Å². The Morgan fingerprint density at radius 3 is 2.53 bits per heavy atom. The maximum absolute atomic E-state index is 13.8. The van der Waals surface area contributed by atoms with Crippen LogP contribution >= 0.6 is 11.3 Å². The summed E-state index contributed by atoms with van der Waals surface area (Å²) in [4.78, 5) is 50.8. The van der Waals surface area contributed by atoms with Gasteiger partial charge in [-0.05, 0) is 63.4 Å². The molecule has 236 valence electrons. The van der Waals surface area contributed by atoms with E-state index in [4.69, 9.17) is 14.2 Å². The molecule has 4 aromatic rings. The molecule has 1 fully saturated rings. The second-order valence-electron chi connectivity index (χ2n) is 10.7. The van der Waals surface area contributed by atoms with E-state index in [1.165, 1.54) is 12.0 Å². The number of hydrogen-bond donors (Lipinski definition) is 1. The predicted molar refractivity (Wildman–Crippen MR) is 170 cm³/mol. The summed E-state index contributed by atoms with van der Waals surface area (Å²) >= 11 is 0.944. The van der Waals surface area contributed by atoms with E-state index in [1.54, 1.807) is 39.0 Å². The SMILES string of the molecule is CCCCCOc1ccc(C2C(=C(O)c3nc4c(C)cccn4c3C)C(=O)C(=O)N2c2nc(C)c(C(=O)OCC)s2)cc1OC. The molecule has 1 aromatic carbocycles. The summed E-state index contributed by atoms with van der Waals surface area (Å²) in [5.41, 5.74) is 2.93. The molecular weight excluding hydrogens is 596 g/mol. The summed E-state index contributed by atoms with van der Waals surface area (Å²) in [5, 5.41) is 11.9. The quantitative estimate of drug-likeness (QED) is 0.0685. The number of pyridine rings is 1. The molecule has 5 rings (SSSR count). The van der Waals surface area contributed by atoms with Crippen LogP contribution in [0.5, 0.6) is 11.5 Å². The number of fused-ring (bicyclic) bond motifs is 1. The van der Waals surface area contributed by atoms with Crippen molar-refractivity contribution in [3.8, 4) is 11.5 Å². The molecule has 1 unspecified atom stereocenters. The molecule has 0 spiro atoms. The number of thiazole rings is 1. The molecular formula is C33H36N4O7S. The van der Waals surface area contributed by atoms with Crippen molar-refractivity contribution in [3.05, 3.63) is 75.2 Å². The zero-order valence-corrected chi connectivity index (χ0v) is 27.0. The highest BCUT2D eigenvalue weighted by atomic mass is 32.1. The molecule has 0 aliphatic carbocycles. The van der Waals surface area contributed by atoms with Crippen LogP contribution in [0.15, 0.2) is 42.1 Å². The van der Waals surface area contributed by atoms with E-state index in [0.717, 1.165) is 36.2 Å². The summed E-state index contributed by atoms with van der Waals surface area (Å²) in [6.07, 6.45) is 4.78. The molecule has 1 amide bonds. The van der Waals surface area contributed by atoms with Gasteiger partial charge in [0, 0.05) is 6.20 Å².